The van der Waals surface area contributed by atoms with Gasteiger partial charge in [-0.25, -0.2) is 0 Å². The number of aromatic nitrogens is 2. The second-order valence-corrected chi connectivity index (χ2v) is 5.74. The van der Waals surface area contributed by atoms with E-state index in [9.17, 15) is 4.79 Å². The van der Waals surface area contributed by atoms with E-state index in [0.717, 1.165) is 24.1 Å². The van der Waals surface area contributed by atoms with Gasteiger partial charge in [-0.2, -0.15) is 4.98 Å². The number of nitrogens with zero attached hydrogens (tertiary/aromatic N) is 2. The molecule has 1 aromatic heterocycles. The quantitative estimate of drug-likeness (QED) is 0.882. The lowest BCUT2D eigenvalue weighted by atomic mass is 9.97. The monoisotopic (exact) mass is 313 g/mol. The molecule has 1 aliphatic heterocycles. The Morgan fingerprint density at radius 2 is 2.22 bits per heavy atom. The summed E-state index contributed by atoms with van der Waals surface area (Å²) in [4.78, 5) is 15.1. The van der Waals surface area contributed by atoms with Gasteiger partial charge in [0.25, 0.3) is 5.89 Å². The zero-order chi connectivity index (χ0) is 16.2. The van der Waals surface area contributed by atoms with Crippen molar-refractivity contribution < 1.29 is 14.4 Å². The smallest absolute Gasteiger partial charge is 0.303 e. The minimum atomic E-state index is -0.734. The summed E-state index contributed by atoms with van der Waals surface area (Å²) < 4.78 is 5.12. The second-order valence-electron chi connectivity index (χ2n) is 5.74. The van der Waals surface area contributed by atoms with Crippen LogP contribution in [-0.2, 0) is 4.79 Å². The van der Waals surface area contributed by atoms with Crippen molar-refractivity contribution in [3.8, 4) is 11.4 Å². The van der Waals surface area contributed by atoms with E-state index in [1.165, 1.54) is 0 Å². The molecule has 1 aromatic carbocycles. The van der Waals surface area contributed by atoms with Crippen molar-refractivity contribution in [2.75, 3.05) is 6.54 Å². The van der Waals surface area contributed by atoms with Crippen LogP contribution in [-0.4, -0.2) is 27.8 Å². The second kappa shape index (κ2) is 6.75. The minimum absolute atomic E-state index is 0.192. The molecule has 0 spiro atoms. The van der Waals surface area contributed by atoms with E-state index in [-0.39, 0.29) is 18.4 Å². The standard InChI is InChI=1S/C17H19N3O3/c1-2-3-15-19-17(20-23-15)13-6-4-12(5-7-13)14-8-11(10-18-14)9-16(21)22/h2-7,11,14,18H,8-10H2,1H3,(H,21,22)/b3-2+. The molecule has 1 fully saturated rings. The van der Waals surface area contributed by atoms with Crippen LogP contribution >= 0.6 is 0 Å². The molecule has 2 atom stereocenters. The Kier molecular flexibility index (Phi) is 4.52. The van der Waals surface area contributed by atoms with Gasteiger partial charge in [-0.15, -0.1) is 0 Å². The number of nitrogens with one attached hydrogen (secondary N) is 1. The summed E-state index contributed by atoms with van der Waals surface area (Å²) in [7, 11) is 0. The van der Waals surface area contributed by atoms with Gasteiger partial charge in [-0.1, -0.05) is 35.5 Å². The first kappa shape index (κ1) is 15.4. The number of carbonyl (C=O) groups is 1. The van der Waals surface area contributed by atoms with Crippen molar-refractivity contribution in [2.45, 2.75) is 25.8 Å². The van der Waals surface area contributed by atoms with E-state index in [1.54, 1.807) is 6.08 Å². The van der Waals surface area contributed by atoms with Gasteiger partial charge in [0.2, 0.25) is 5.82 Å². The Balaban J connectivity index is 1.68. The third-order valence-electron chi connectivity index (χ3n) is 4.01. The topological polar surface area (TPSA) is 88.2 Å². The summed E-state index contributed by atoms with van der Waals surface area (Å²) in [6, 6.07) is 8.19. The van der Waals surface area contributed by atoms with E-state index < -0.39 is 5.97 Å². The van der Waals surface area contributed by atoms with Crippen molar-refractivity contribution in [1.82, 2.24) is 15.5 Å². The van der Waals surface area contributed by atoms with Crippen LogP contribution in [0.3, 0.4) is 0 Å². The molecule has 2 unspecified atom stereocenters. The minimum Gasteiger partial charge on any atom is -0.481 e. The predicted molar refractivity (Wildman–Crippen MR) is 85.5 cm³/mol. The van der Waals surface area contributed by atoms with Crippen LogP contribution in [0.2, 0.25) is 0 Å². The van der Waals surface area contributed by atoms with Crippen molar-refractivity contribution in [3.05, 3.63) is 41.8 Å². The highest BCUT2D eigenvalue weighted by molar-refractivity contribution is 5.67. The van der Waals surface area contributed by atoms with Gasteiger partial charge in [-0.3, -0.25) is 4.79 Å². The van der Waals surface area contributed by atoms with E-state index >= 15 is 0 Å². The highest BCUT2D eigenvalue weighted by Crippen LogP contribution is 2.30. The van der Waals surface area contributed by atoms with Crippen molar-refractivity contribution in [1.29, 1.82) is 0 Å². The molecule has 23 heavy (non-hydrogen) atoms. The Labute approximate surface area is 134 Å². The van der Waals surface area contributed by atoms with Crippen LogP contribution in [0.1, 0.15) is 37.3 Å². The average Bonchev–Trinajstić information content (AvgIpc) is 3.17. The number of carboxylic acid groups (broad SMARTS) is 1. The number of hydrogen-bond acceptors (Lipinski definition) is 5. The molecule has 120 valence electrons. The molecule has 2 heterocycles. The molecule has 1 aliphatic rings. The fourth-order valence-corrected chi connectivity index (χ4v) is 2.89. The van der Waals surface area contributed by atoms with Crippen molar-refractivity contribution >= 4 is 12.0 Å². The summed E-state index contributed by atoms with van der Waals surface area (Å²) in [6.07, 6.45) is 4.67. The molecule has 6 heteroatoms. The summed E-state index contributed by atoms with van der Waals surface area (Å²) in [5, 5.41) is 16.2. The first-order valence-corrected chi connectivity index (χ1v) is 7.67. The maximum atomic E-state index is 10.8. The zero-order valence-electron chi connectivity index (χ0n) is 12.9. The maximum absolute atomic E-state index is 10.8. The predicted octanol–water partition coefficient (Wildman–Crippen LogP) is 2.89. The molecule has 2 N–H and O–H groups in total. The normalized spacial score (nSPS) is 21.1. The molecular formula is C17H19N3O3. The van der Waals surface area contributed by atoms with E-state index in [2.05, 4.69) is 15.5 Å². The van der Waals surface area contributed by atoms with Gasteiger partial charge in [0.15, 0.2) is 0 Å². The van der Waals surface area contributed by atoms with Crippen LogP contribution in [0.5, 0.6) is 0 Å². The first-order chi connectivity index (χ1) is 11.2. The van der Waals surface area contributed by atoms with Crippen LogP contribution in [0.4, 0.5) is 0 Å². The molecule has 3 rings (SSSR count). The fraction of sp³-hybridized carbons (Fsp3) is 0.353. The third-order valence-corrected chi connectivity index (χ3v) is 4.01. The van der Waals surface area contributed by atoms with Crippen LogP contribution in [0, 0.1) is 5.92 Å². The maximum Gasteiger partial charge on any atom is 0.303 e. The van der Waals surface area contributed by atoms with Crippen LogP contribution < -0.4 is 5.32 Å². The lowest BCUT2D eigenvalue weighted by Crippen LogP contribution is -2.14. The van der Waals surface area contributed by atoms with Crippen molar-refractivity contribution in [2.24, 2.45) is 5.92 Å². The van der Waals surface area contributed by atoms with Gasteiger partial charge in [0.1, 0.15) is 0 Å². The molecule has 1 saturated heterocycles. The average molecular weight is 313 g/mol. The summed E-state index contributed by atoms with van der Waals surface area (Å²) in [6.45, 7) is 2.64. The third kappa shape index (κ3) is 3.65. The lowest BCUT2D eigenvalue weighted by Gasteiger charge is -2.11. The van der Waals surface area contributed by atoms with Crippen LogP contribution in [0.25, 0.3) is 17.5 Å². The summed E-state index contributed by atoms with van der Waals surface area (Å²) in [5.74, 6) is 0.507. The fourth-order valence-electron chi connectivity index (χ4n) is 2.89. The summed E-state index contributed by atoms with van der Waals surface area (Å²) in [5.41, 5.74) is 2.05. The number of rotatable bonds is 5. The number of carboxylic acids is 1. The van der Waals surface area contributed by atoms with E-state index in [4.69, 9.17) is 9.63 Å². The largest absolute Gasteiger partial charge is 0.481 e. The molecular weight excluding hydrogens is 294 g/mol. The number of allylic oxidation sites excluding steroid dienone is 1. The molecule has 0 aliphatic carbocycles. The molecule has 2 aromatic rings. The van der Waals surface area contributed by atoms with Crippen molar-refractivity contribution in [3.63, 3.8) is 0 Å². The Hall–Kier alpha value is -2.47. The molecule has 0 saturated carbocycles. The number of hydrogen-bond donors (Lipinski definition) is 2. The highest BCUT2D eigenvalue weighted by atomic mass is 16.5. The molecule has 0 bridgehead atoms. The number of benzene rings is 1. The van der Waals surface area contributed by atoms with Gasteiger partial charge in [-0.05, 0) is 37.4 Å². The lowest BCUT2D eigenvalue weighted by molar-refractivity contribution is -0.137. The Bertz CT molecular complexity index is 706. The van der Waals surface area contributed by atoms with E-state index in [0.29, 0.717) is 11.7 Å². The van der Waals surface area contributed by atoms with Gasteiger partial charge < -0.3 is 14.9 Å². The molecule has 0 radical (unpaired) electrons. The first-order valence-electron chi connectivity index (χ1n) is 7.67. The zero-order valence-corrected chi connectivity index (χ0v) is 12.9. The summed E-state index contributed by atoms with van der Waals surface area (Å²) >= 11 is 0. The SMILES string of the molecule is C/C=C/c1nc(-c2ccc(C3CC(CC(=O)O)CN3)cc2)no1. The Morgan fingerprint density at radius 1 is 1.43 bits per heavy atom. The van der Waals surface area contributed by atoms with Gasteiger partial charge in [0.05, 0.1) is 0 Å². The van der Waals surface area contributed by atoms with Gasteiger partial charge >= 0.3 is 5.97 Å². The molecule has 0 amide bonds. The Morgan fingerprint density at radius 3 is 2.91 bits per heavy atom. The van der Waals surface area contributed by atoms with Gasteiger partial charge in [0, 0.05) is 18.0 Å². The molecule has 6 nitrogen and oxygen atoms in total. The highest BCUT2D eigenvalue weighted by Gasteiger charge is 2.26. The number of aliphatic carboxylic acids is 1. The van der Waals surface area contributed by atoms with E-state index in [1.807, 2.05) is 37.3 Å². The van der Waals surface area contributed by atoms with Crippen LogP contribution in [0.15, 0.2) is 34.9 Å².